The van der Waals surface area contributed by atoms with Gasteiger partial charge < -0.3 is 19.9 Å². The molecule has 2 aliphatic heterocycles. The van der Waals surface area contributed by atoms with Crippen molar-refractivity contribution >= 4 is 17.7 Å². The van der Waals surface area contributed by atoms with Gasteiger partial charge >= 0.3 is 0 Å². The lowest BCUT2D eigenvalue weighted by Gasteiger charge is -2.40. The molecule has 0 radical (unpaired) electrons. The molecule has 0 aromatic heterocycles. The molecule has 1 aliphatic carbocycles. The summed E-state index contributed by atoms with van der Waals surface area (Å²) in [5, 5.41) is 3.11. The topological polar surface area (TPSA) is 79.0 Å². The zero-order chi connectivity index (χ0) is 19.7. The highest BCUT2D eigenvalue weighted by Crippen LogP contribution is 2.43. The Balaban J connectivity index is 1.57. The summed E-state index contributed by atoms with van der Waals surface area (Å²) >= 11 is 0. The molecule has 150 valence electrons. The molecular formula is C21H27N3O4. The molecule has 0 unspecified atom stereocenters. The number of carbonyl (C=O) groups is 3. The van der Waals surface area contributed by atoms with Crippen LogP contribution >= 0.6 is 0 Å². The molecule has 3 fully saturated rings. The molecule has 0 spiro atoms. The largest absolute Gasteiger partial charge is 0.384 e. The fourth-order valence-electron chi connectivity index (χ4n) is 4.41. The van der Waals surface area contributed by atoms with Crippen LogP contribution in [0, 0.1) is 5.92 Å². The Kier molecular flexibility index (Phi) is 5.35. The molecule has 7 heteroatoms. The molecule has 7 nitrogen and oxygen atoms in total. The molecule has 1 N–H and O–H groups in total. The second-order valence-corrected chi connectivity index (χ2v) is 7.95. The summed E-state index contributed by atoms with van der Waals surface area (Å²) in [6.45, 7) is 0.890. The Morgan fingerprint density at radius 2 is 1.96 bits per heavy atom. The Bertz CT molecular complexity index is 749. The SMILES string of the molecule is COCCC(=O)N1CC(=O)N2[C@@H](C[C@H](C(=O)NC3CC3)[C@@H]2c2ccccc2)C1. The number of methoxy groups -OCH3 is 1. The zero-order valence-electron chi connectivity index (χ0n) is 16.2. The van der Waals surface area contributed by atoms with E-state index in [-0.39, 0.29) is 54.7 Å². The quantitative estimate of drug-likeness (QED) is 0.795. The number of rotatable bonds is 6. The van der Waals surface area contributed by atoms with Crippen LogP contribution in [-0.4, -0.2) is 66.4 Å². The number of hydrogen-bond donors (Lipinski definition) is 1. The van der Waals surface area contributed by atoms with Crippen molar-refractivity contribution in [2.24, 2.45) is 5.92 Å². The van der Waals surface area contributed by atoms with Gasteiger partial charge in [0, 0.05) is 19.7 Å². The third kappa shape index (κ3) is 3.76. The van der Waals surface area contributed by atoms with E-state index >= 15 is 0 Å². The Morgan fingerprint density at radius 3 is 2.64 bits per heavy atom. The van der Waals surface area contributed by atoms with E-state index in [9.17, 15) is 14.4 Å². The highest BCUT2D eigenvalue weighted by molar-refractivity contribution is 5.89. The van der Waals surface area contributed by atoms with Gasteiger partial charge in [-0.1, -0.05) is 30.3 Å². The molecule has 1 aromatic rings. The number of hydrogen-bond acceptors (Lipinski definition) is 4. The number of benzene rings is 1. The average molecular weight is 385 g/mol. The van der Waals surface area contributed by atoms with E-state index in [0.717, 1.165) is 18.4 Å². The van der Waals surface area contributed by atoms with E-state index in [0.29, 0.717) is 19.6 Å². The van der Waals surface area contributed by atoms with Crippen LogP contribution in [0.25, 0.3) is 0 Å². The molecule has 0 bridgehead atoms. The fourth-order valence-corrected chi connectivity index (χ4v) is 4.41. The summed E-state index contributed by atoms with van der Waals surface area (Å²) in [7, 11) is 1.56. The molecule has 2 heterocycles. The van der Waals surface area contributed by atoms with Gasteiger partial charge in [0.05, 0.1) is 37.6 Å². The average Bonchev–Trinajstić information content (AvgIpc) is 3.42. The van der Waals surface area contributed by atoms with Crippen LogP contribution < -0.4 is 5.32 Å². The van der Waals surface area contributed by atoms with Crippen LogP contribution in [0.1, 0.15) is 37.3 Å². The summed E-state index contributed by atoms with van der Waals surface area (Å²) in [5.74, 6) is -0.420. The van der Waals surface area contributed by atoms with Crippen LogP contribution in [0.3, 0.4) is 0 Å². The standard InChI is InChI=1S/C21H27N3O4/c1-28-10-9-18(25)23-12-16-11-17(21(27)22-15-7-8-15)20(24(16)19(26)13-23)14-5-3-2-4-6-14/h2-6,15-17,20H,7-13H2,1H3,(H,22,27)/t16-,17-,20-/m0/s1. The van der Waals surface area contributed by atoms with Crippen molar-refractivity contribution in [2.75, 3.05) is 26.8 Å². The predicted octanol–water partition coefficient (Wildman–Crippen LogP) is 1.10. The van der Waals surface area contributed by atoms with E-state index in [1.807, 2.05) is 35.2 Å². The predicted molar refractivity (Wildman–Crippen MR) is 102 cm³/mol. The maximum absolute atomic E-state index is 13.0. The normalized spacial score (nSPS) is 26.9. The Morgan fingerprint density at radius 1 is 1.21 bits per heavy atom. The van der Waals surface area contributed by atoms with Gasteiger partial charge in [0.2, 0.25) is 17.7 Å². The van der Waals surface area contributed by atoms with Crippen molar-refractivity contribution < 1.29 is 19.1 Å². The number of carbonyl (C=O) groups excluding carboxylic acids is 3. The molecule has 3 amide bonds. The second kappa shape index (κ2) is 7.91. The first kappa shape index (κ1) is 18.9. The number of fused-ring (bicyclic) bond motifs is 1. The van der Waals surface area contributed by atoms with Gasteiger partial charge in [-0.25, -0.2) is 0 Å². The first-order valence-corrected chi connectivity index (χ1v) is 10.0. The van der Waals surface area contributed by atoms with E-state index in [1.54, 1.807) is 12.0 Å². The van der Waals surface area contributed by atoms with Gasteiger partial charge in [0.25, 0.3) is 0 Å². The van der Waals surface area contributed by atoms with Crippen LogP contribution in [0.5, 0.6) is 0 Å². The lowest BCUT2D eigenvalue weighted by Crippen LogP contribution is -2.56. The maximum atomic E-state index is 13.0. The molecule has 3 atom stereocenters. The third-order valence-electron chi connectivity index (χ3n) is 5.92. The number of nitrogens with one attached hydrogen (secondary N) is 1. The van der Waals surface area contributed by atoms with Crippen molar-refractivity contribution in [3.05, 3.63) is 35.9 Å². The van der Waals surface area contributed by atoms with Crippen molar-refractivity contribution in [2.45, 2.75) is 43.8 Å². The fraction of sp³-hybridized carbons (Fsp3) is 0.571. The van der Waals surface area contributed by atoms with Gasteiger partial charge in [-0.05, 0) is 24.8 Å². The van der Waals surface area contributed by atoms with E-state index < -0.39 is 0 Å². The highest BCUT2D eigenvalue weighted by Gasteiger charge is 2.51. The van der Waals surface area contributed by atoms with Gasteiger partial charge in [0.15, 0.2) is 0 Å². The van der Waals surface area contributed by atoms with Gasteiger partial charge in [-0.2, -0.15) is 0 Å². The Hall–Kier alpha value is -2.41. The molecular weight excluding hydrogens is 358 g/mol. The monoisotopic (exact) mass is 385 g/mol. The first-order valence-electron chi connectivity index (χ1n) is 10.0. The number of amides is 3. The Labute approximate surface area is 165 Å². The number of nitrogens with zero attached hydrogens (tertiary/aromatic N) is 2. The smallest absolute Gasteiger partial charge is 0.243 e. The number of piperazine rings is 1. The van der Waals surface area contributed by atoms with Crippen molar-refractivity contribution in [1.29, 1.82) is 0 Å². The third-order valence-corrected chi connectivity index (χ3v) is 5.92. The summed E-state index contributed by atoms with van der Waals surface area (Å²) in [5.41, 5.74) is 0.980. The van der Waals surface area contributed by atoms with E-state index in [2.05, 4.69) is 5.32 Å². The summed E-state index contributed by atoms with van der Waals surface area (Å²) < 4.78 is 4.99. The minimum absolute atomic E-state index is 0.0239. The minimum Gasteiger partial charge on any atom is -0.384 e. The maximum Gasteiger partial charge on any atom is 0.243 e. The van der Waals surface area contributed by atoms with Gasteiger partial charge in [-0.15, -0.1) is 0 Å². The van der Waals surface area contributed by atoms with Crippen molar-refractivity contribution in [3.8, 4) is 0 Å². The van der Waals surface area contributed by atoms with Gasteiger partial charge in [-0.3, -0.25) is 14.4 Å². The minimum atomic E-state index is -0.286. The van der Waals surface area contributed by atoms with Gasteiger partial charge in [0.1, 0.15) is 0 Å². The van der Waals surface area contributed by atoms with E-state index in [1.165, 1.54) is 0 Å². The zero-order valence-corrected chi connectivity index (χ0v) is 16.2. The molecule has 3 aliphatic rings. The molecule has 1 saturated carbocycles. The van der Waals surface area contributed by atoms with Crippen LogP contribution in [0.4, 0.5) is 0 Å². The number of ether oxygens (including phenoxy) is 1. The van der Waals surface area contributed by atoms with Crippen molar-refractivity contribution in [1.82, 2.24) is 15.1 Å². The molecule has 28 heavy (non-hydrogen) atoms. The lowest BCUT2D eigenvalue weighted by atomic mass is 9.92. The van der Waals surface area contributed by atoms with Crippen molar-refractivity contribution in [3.63, 3.8) is 0 Å². The molecule has 2 saturated heterocycles. The van der Waals surface area contributed by atoms with Crippen LogP contribution in [0.15, 0.2) is 30.3 Å². The molecule has 4 rings (SSSR count). The first-order chi connectivity index (χ1) is 13.6. The highest BCUT2D eigenvalue weighted by atomic mass is 16.5. The summed E-state index contributed by atoms with van der Waals surface area (Å²) in [6.07, 6.45) is 2.91. The lowest BCUT2D eigenvalue weighted by molar-refractivity contribution is -0.149. The summed E-state index contributed by atoms with van der Waals surface area (Å²) in [4.78, 5) is 41.8. The molecule has 1 aromatic carbocycles. The van der Waals surface area contributed by atoms with Crippen LogP contribution in [-0.2, 0) is 19.1 Å². The second-order valence-electron chi connectivity index (χ2n) is 7.95. The van der Waals surface area contributed by atoms with E-state index in [4.69, 9.17) is 4.74 Å². The van der Waals surface area contributed by atoms with Crippen LogP contribution in [0.2, 0.25) is 0 Å². The summed E-state index contributed by atoms with van der Waals surface area (Å²) in [6, 6.07) is 9.65.